The number of rotatable bonds is 7. The Bertz CT molecular complexity index is 201. The molecule has 2 N–H and O–H groups in total. The van der Waals surface area contributed by atoms with E-state index in [1.165, 1.54) is 0 Å². The number of likely N-dealkylation sites (N-methyl/N-ethyl adjacent to an activating group) is 1. The monoisotopic (exact) mass is 230 g/mol. The molecule has 0 spiro atoms. The first-order valence-corrected chi connectivity index (χ1v) is 6.35. The van der Waals surface area contributed by atoms with Crippen molar-refractivity contribution in [2.45, 2.75) is 38.8 Å². The molecule has 96 valence electrons. The maximum Gasteiger partial charge on any atom is 0.0743 e. The summed E-state index contributed by atoms with van der Waals surface area (Å²) < 4.78 is 11.1. The number of nitrogens with zero attached hydrogens (tertiary/aromatic N) is 1. The average molecular weight is 230 g/mol. The van der Waals surface area contributed by atoms with Gasteiger partial charge in [-0.3, -0.25) is 4.90 Å². The van der Waals surface area contributed by atoms with E-state index in [1.54, 1.807) is 0 Å². The second-order valence-electron chi connectivity index (χ2n) is 4.35. The normalized spacial score (nSPS) is 30.2. The second kappa shape index (κ2) is 6.55. The minimum atomic E-state index is 0.0197. The van der Waals surface area contributed by atoms with Gasteiger partial charge < -0.3 is 15.2 Å². The summed E-state index contributed by atoms with van der Waals surface area (Å²) in [6, 6.07) is 0. The van der Waals surface area contributed by atoms with Gasteiger partial charge in [0.15, 0.2) is 0 Å². The minimum absolute atomic E-state index is 0.0197. The molecule has 4 nitrogen and oxygen atoms in total. The van der Waals surface area contributed by atoms with Gasteiger partial charge >= 0.3 is 0 Å². The molecule has 1 rings (SSSR count). The van der Waals surface area contributed by atoms with E-state index < -0.39 is 0 Å². The van der Waals surface area contributed by atoms with Crippen molar-refractivity contribution in [3.63, 3.8) is 0 Å². The smallest absolute Gasteiger partial charge is 0.0743 e. The summed E-state index contributed by atoms with van der Waals surface area (Å²) in [6.07, 6.45) is 1.25. The first-order valence-electron chi connectivity index (χ1n) is 6.35. The van der Waals surface area contributed by atoms with Crippen molar-refractivity contribution >= 4 is 0 Å². The van der Waals surface area contributed by atoms with Crippen LogP contribution in [0.5, 0.6) is 0 Å². The molecule has 0 saturated carbocycles. The van der Waals surface area contributed by atoms with Gasteiger partial charge in [-0.05, 0) is 26.8 Å². The van der Waals surface area contributed by atoms with Crippen molar-refractivity contribution in [3.8, 4) is 0 Å². The van der Waals surface area contributed by atoms with E-state index in [0.717, 1.165) is 39.3 Å². The van der Waals surface area contributed by atoms with Crippen molar-refractivity contribution in [1.82, 2.24) is 4.90 Å². The van der Waals surface area contributed by atoms with Crippen molar-refractivity contribution in [1.29, 1.82) is 0 Å². The molecule has 1 aliphatic rings. The summed E-state index contributed by atoms with van der Waals surface area (Å²) in [5.74, 6) is 0. The maximum absolute atomic E-state index is 5.98. The van der Waals surface area contributed by atoms with Crippen LogP contribution in [-0.4, -0.2) is 56.0 Å². The van der Waals surface area contributed by atoms with Crippen LogP contribution in [0, 0.1) is 0 Å². The molecule has 0 aliphatic carbocycles. The van der Waals surface area contributed by atoms with Gasteiger partial charge in [-0.15, -0.1) is 0 Å². The highest BCUT2D eigenvalue weighted by Gasteiger charge is 2.44. The fourth-order valence-corrected chi connectivity index (χ4v) is 2.60. The van der Waals surface area contributed by atoms with Crippen LogP contribution in [0.3, 0.4) is 0 Å². The summed E-state index contributed by atoms with van der Waals surface area (Å²) in [7, 11) is 0. The van der Waals surface area contributed by atoms with Crippen LogP contribution in [0.1, 0.15) is 27.2 Å². The Morgan fingerprint density at radius 3 is 2.69 bits per heavy atom. The molecule has 1 saturated heterocycles. The van der Waals surface area contributed by atoms with E-state index in [4.69, 9.17) is 15.2 Å². The van der Waals surface area contributed by atoms with Crippen molar-refractivity contribution in [3.05, 3.63) is 0 Å². The van der Waals surface area contributed by atoms with Crippen LogP contribution >= 0.6 is 0 Å². The van der Waals surface area contributed by atoms with Gasteiger partial charge in [0.25, 0.3) is 0 Å². The third kappa shape index (κ3) is 2.74. The first kappa shape index (κ1) is 13.9. The lowest BCUT2D eigenvalue weighted by Crippen LogP contribution is -2.58. The lowest BCUT2D eigenvalue weighted by molar-refractivity contribution is 0.00120. The number of nitrogens with two attached hydrogens (primary N) is 1. The molecule has 16 heavy (non-hydrogen) atoms. The van der Waals surface area contributed by atoms with Crippen LogP contribution in [0.4, 0.5) is 0 Å². The molecule has 0 aromatic rings. The molecule has 1 heterocycles. The van der Waals surface area contributed by atoms with E-state index in [2.05, 4.69) is 18.7 Å². The lowest BCUT2D eigenvalue weighted by atomic mass is 9.89. The lowest BCUT2D eigenvalue weighted by Gasteiger charge is -2.42. The summed E-state index contributed by atoms with van der Waals surface area (Å²) in [5, 5.41) is 0. The highest BCUT2D eigenvalue weighted by atomic mass is 16.5. The molecular formula is C12H26N2O2. The predicted octanol–water partition coefficient (Wildman–Crippen LogP) is 0.851. The predicted molar refractivity (Wildman–Crippen MR) is 65.6 cm³/mol. The summed E-state index contributed by atoms with van der Waals surface area (Å²) in [6.45, 7) is 11.3. The molecule has 1 aliphatic heterocycles. The Labute approximate surface area is 99.1 Å². The van der Waals surface area contributed by atoms with Crippen LogP contribution in [0.15, 0.2) is 0 Å². The van der Waals surface area contributed by atoms with Gasteiger partial charge in [0, 0.05) is 26.3 Å². The van der Waals surface area contributed by atoms with Crippen LogP contribution < -0.4 is 5.73 Å². The zero-order valence-corrected chi connectivity index (χ0v) is 10.9. The topological polar surface area (TPSA) is 47.7 Å². The van der Waals surface area contributed by atoms with Gasteiger partial charge in [0.2, 0.25) is 0 Å². The third-order valence-electron chi connectivity index (χ3n) is 3.73. The molecule has 0 bridgehead atoms. The number of ether oxygens (including phenoxy) is 2. The Morgan fingerprint density at radius 1 is 1.50 bits per heavy atom. The van der Waals surface area contributed by atoms with Crippen molar-refractivity contribution in [2.24, 2.45) is 5.73 Å². The molecular weight excluding hydrogens is 204 g/mol. The Kier molecular flexibility index (Phi) is 5.69. The fourth-order valence-electron chi connectivity index (χ4n) is 2.60. The molecule has 0 aromatic heterocycles. The van der Waals surface area contributed by atoms with Crippen LogP contribution in [0.2, 0.25) is 0 Å². The average Bonchev–Trinajstić information content (AvgIpc) is 2.67. The van der Waals surface area contributed by atoms with E-state index in [9.17, 15) is 0 Å². The summed E-state index contributed by atoms with van der Waals surface area (Å²) in [5.41, 5.74) is 6.00. The number of hydrogen-bond donors (Lipinski definition) is 1. The third-order valence-corrected chi connectivity index (χ3v) is 3.73. The highest BCUT2D eigenvalue weighted by Crippen LogP contribution is 2.31. The molecule has 0 radical (unpaired) electrons. The SMILES string of the molecule is CCOCCN(CC)C1(CN)CCOC1C. The quantitative estimate of drug-likeness (QED) is 0.659. The van der Waals surface area contributed by atoms with Gasteiger partial charge in [-0.2, -0.15) is 0 Å². The van der Waals surface area contributed by atoms with Gasteiger partial charge in [0.05, 0.1) is 18.2 Å². The van der Waals surface area contributed by atoms with Gasteiger partial charge in [-0.1, -0.05) is 6.92 Å². The van der Waals surface area contributed by atoms with Crippen LogP contribution in [0.25, 0.3) is 0 Å². The second-order valence-corrected chi connectivity index (χ2v) is 4.35. The summed E-state index contributed by atoms with van der Waals surface area (Å²) >= 11 is 0. The Balaban J connectivity index is 2.60. The van der Waals surface area contributed by atoms with Crippen molar-refractivity contribution in [2.75, 3.05) is 39.5 Å². The standard InChI is InChI=1S/C12H26N2O2/c1-4-14(7-9-15-5-2)12(10-13)6-8-16-11(12)3/h11H,4-10,13H2,1-3H3. The molecule has 2 atom stereocenters. The minimum Gasteiger partial charge on any atom is -0.380 e. The zero-order chi connectivity index (χ0) is 12.0. The zero-order valence-electron chi connectivity index (χ0n) is 10.9. The van der Waals surface area contributed by atoms with E-state index in [0.29, 0.717) is 6.54 Å². The highest BCUT2D eigenvalue weighted by molar-refractivity contribution is 5.00. The molecule has 2 unspecified atom stereocenters. The van der Waals surface area contributed by atoms with E-state index in [1.807, 2.05) is 6.92 Å². The summed E-state index contributed by atoms with van der Waals surface area (Å²) in [4.78, 5) is 2.42. The Morgan fingerprint density at radius 2 is 2.25 bits per heavy atom. The van der Waals surface area contributed by atoms with E-state index >= 15 is 0 Å². The molecule has 1 fully saturated rings. The van der Waals surface area contributed by atoms with Crippen molar-refractivity contribution < 1.29 is 9.47 Å². The van der Waals surface area contributed by atoms with Crippen LogP contribution in [-0.2, 0) is 9.47 Å². The molecule has 4 heteroatoms. The maximum atomic E-state index is 5.98. The van der Waals surface area contributed by atoms with E-state index in [-0.39, 0.29) is 11.6 Å². The van der Waals surface area contributed by atoms with Gasteiger partial charge in [0.1, 0.15) is 0 Å². The number of hydrogen-bond acceptors (Lipinski definition) is 4. The fraction of sp³-hybridized carbons (Fsp3) is 1.00. The largest absolute Gasteiger partial charge is 0.380 e. The Hall–Kier alpha value is -0.160. The van der Waals surface area contributed by atoms with Gasteiger partial charge in [-0.25, -0.2) is 0 Å². The molecule has 0 aromatic carbocycles. The first-order chi connectivity index (χ1) is 7.71. The molecule has 0 amide bonds.